The standard InChI is InChI=1S/C20H19NO2/c22-20(13-12-18-10-6-14-23-18)21-19-11-5-4-9-17(19)15-16-7-2-1-3-8-16/h1-11,14H,12-13,15H2,(H,21,22). The number of aryl methyl sites for hydroxylation is 1. The Labute approximate surface area is 136 Å². The second-order valence-electron chi connectivity index (χ2n) is 5.45. The molecule has 1 heterocycles. The maximum Gasteiger partial charge on any atom is 0.224 e. The smallest absolute Gasteiger partial charge is 0.224 e. The molecule has 3 rings (SSSR count). The Morgan fingerprint density at radius 2 is 1.70 bits per heavy atom. The summed E-state index contributed by atoms with van der Waals surface area (Å²) in [5, 5.41) is 3.01. The van der Waals surface area contributed by atoms with Crippen LogP contribution < -0.4 is 5.32 Å². The molecule has 1 aromatic heterocycles. The Hall–Kier alpha value is -2.81. The summed E-state index contributed by atoms with van der Waals surface area (Å²) >= 11 is 0. The average molecular weight is 305 g/mol. The van der Waals surface area contributed by atoms with E-state index in [9.17, 15) is 4.79 Å². The van der Waals surface area contributed by atoms with Crippen LogP contribution in [-0.2, 0) is 17.6 Å². The fraction of sp³-hybridized carbons (Fsp3) is 0.150. The summed E-state index contributed by atoms with van der Waals surface area (Å²) in [6, 6.07) is 21.9. The SMILES string of the molecule is O=C(CCc1ccco1)Nc1ccccc1Cc1ccccc1. The average Bonchev–Trinajstić information content (AvgIpc) is 3.09. The second kappa shape index (κ2) is 7.45. The van der Waals surface area contributed by atoms with Crippen LogP contribution in [0.5, 0.6) is 0 Å². The van der Waals surface area contributed by atoms with Crippen LogP contribution in [0.25, 0.3) is 0 Å². The van der Waals surface area contributed by atoms with Crippen LogP contribution in [0.4, 0.5) is 5.69 Å². The van der Waals surface area contributed by atoms with Gasteiger partial charge in [-0.05, 0) is 35.7 Å². The summed E-state index contributed by atoms with van der Waals surface area (Å²) in [4.78, 5) is 12.2. The van der Waals surface area contributed by atoms with Gasteiger partial charge in [-0.3, -0.25) is 4.79 Å². The Bertz CT molecular complexity index is 748. The molecule has 0 unspecified atom stereocenters. The van der Waals surface area contributed by atoms with E-state index in [2.05, 4.69) is 23.5 Å². The Morgan fingerprint density at radius 3 is 2.48 bits per heavy atom. The zero-order chi connectivity index (χ0) is 15.9. The van der Waals surface area contributed by atoms with E-state index >= 15 is 0 Å². The van der Waals surface area contributed by atoms with Gasteiger partial charge < -0.3 is 9.73 Å². The molecule has 0 atom stereocenters. The number of anilines is 1. The fourth-order valence-corrected chi connectivity index (χ4v) is 2.52. The lowest BCUT2D eigenvalue weighted by molar-refractivity contribution is -0.116. The molecular weight excluding hydrogens is 286 g/mol. The molecule has 3 heteroatoms. The van der Waals surface area contributed by atoms with E-state index in [0.29, 0.717) is 12.8 Å². The number of rotatable bonds is 6. The van der Waals surface area contributed by atoms with Crippen molar-refractivity contribution in [3.05, 3.63) is 89.9 Å². The predicted octanol–water partition coefficient (Wildman–Crippen LogP) is 4.44. The Morgan fingerprint density at radius 1 is 0.913 bits per heavy atom. The third-order valence-electron chi connectivity index (χ3n) is 3.71. The minimum absolute atomic E-state index is 0.00177. The molecule has 1 amide bonds. The van der Waals surface area contributed by atoms with Gasteiger partial charge in [-0.25, -0.2) is 0 Å². The van der Waals surface area contributed by atoms with E-state index in [4.69, 9.17) is 4.42 Å². The predicted molar refractivity (Wildman–Crippen MR) is 91.3 cm³/mol. The van der Waals surface area contributed by atoms with Crippen LogP contribution in [0.2, 0.25) is 0 Å². The van der Waals surface area contributed by atoms with Gasteiger partial charge in [0.15, 0.2) is 0 Å². The van der Waals surface area contributed by atoms with Crippen molar-refractivity contribution in [1.29, 1.82) is 0 Å². The van der Waals surface area contributed by atoms with Gasteiger partial charge in [-0.2, -0.15) is 0 Å². The third kappa shape index (κ3) is 4.33. The van der Waals surface area contributed by atoms with E-state index in [1.165, 1.54) is 5.56 Å². The lowest BCUT2D eigenvalue weighted by Crippen LogP contribution is -2.13. The van der Waals surface area contributed by atoms with Crippen LogP contribution in [0, 0.1) is 0 Å². The van der Waals surface area contributed by atoms with Crippen molar-refractivity contribution in [1.82, 2.24) is 0 Å². The van der Waals surface area contributed by atoms with Crippen molar-refractivity contribution in [3.63, 3.8) is 0 Å². The molecule has 0 saturated heterocycles. The number of para-hydroxylation sites is 1. The van der Waals surface area contributed by atoms with Gasteiger partial charge in [0, 0.05) is 18.5 Å². The maximum atomic E-state index is 12.2. The molecule has 0 saturated carbocycles. The quantitative estimate of drug-likeness (QED) is 0.731. The summed E-state index contributed by atoms with van der Waals surface area (Å²) < 4.78 is 5.26. The summed E-state index contributed by atoms with van der Waals surface area (Å²) in [5.74, 6) is 0.833. The van der Waals surface area contributed by atoms with Gasteiger partial charge >= 0.3 is 0 Å². The van der Waals surface area contributed by atoms with E-state index in [1.54, 1.807) is 6.26 Å². The molecule has 3 aromatic rings. The number of amides is 1. The van der Waals surface area contributed by atoms with E-state index in [1.807, 2.05) is 48.5 Å². The summed E-state index contributed by atoms with van der Waals surface area (Å²) in [6.07, 6.45) is 3.45. The lowest BCUT2D eigenvalue weighted by Gasteiger charge is -2.11. The highest BCUT2D eigenvalue weighted by molar-refractivity contribution is 5.91. The van der Waals surface area contributed by atoms with Crippen molar-refractivity contribution in [3.8, 4) is 0 Å². The molecule has 0 aliphatic rings. The van der Waals surface area contributed by atoms with E-state index in [0.717, 1.165) is 23.4 Å². The van der Waals surface area contributed by atoms with Crippen molar-refractivity contribution in [2.45, 2.75) is 19.3 Å². The van der Waals surface area contributed by atoms with E-state index < -0.39 is 0 Å². The molecule has 0 spiro atoms. The lowest BCUT2D eigenvalue weighted by atomic mass is 10.0. The minimum Gasteiger partial charge on any atom is -0.469 e. The zero-order valence-electron chi connectivity index (χ0n) is 12.9. The zero-order valence-corrected chi connectivity index (χ0v) is 12.9. The summed E-state index contributed by atoms with van der Waals surface area (Å²) in [6.45, 7) is 0. The van der Waals surface area contributed by atoms with Gasteiger partial charge in [0.25, 0.3) is 0 Å². The molecule has 116 valence electrons. The number of benzene rings is 2. The molecular formula is C20H19NO2. The molecule has 0 bridgehead atoms. The highest BCUT2D eigenvalue weighted by atomic mass is 16.3. The van der Waals surface area contributed by atoms with Crippen molar-refractivity contribution in [2.24, 2.45) is 0 Å². The Kier molecular flexibility index (Phi) is 4.89. The number of furan rings is 1. The van der Waals surface area contributed by atoms with Crippen molar-refractivity contribution < 1.29 is 9.21 Å². The van der Waals surface area contributed by atoms with Gasteiger partial charge in [-0.15, -0.1) is 0 Å². The topological polar surface area (TPSA) is 42.2 Å². The molecule has 0 radical (unpaired) electrons. The number of hydrogen-bond acceptors (Lipinski definition) is 2. The Balaban J connectivity index is 1.64. The number of nitrogens with one attached hydrogen (secondary N) is 1. The molecule has 3 nitrogen and oxygen atoms in total. The number of carbonyl (C=O) groups is 1. The first-order valence-corrected chi connectivity index (χ1v) is 7.75. The first-order valence-electron chi connectivity index (χ1n) is 7.75. The van der Waals surface area contributed by atoms with Gasteiger partial charge in [0.1, 0.15) is 5.76 Å². The van der Waals surface area contributed by atoms with E-state index in [-0.39, 0.29) is 5.91 Å². The van der Waals surface area contributed by atoms with Crippen LogP contribution >= 0.6 is 0 Å². The normalized spacial score (nSPS) is 10.4. The van der Waals surface area contributed by atoms with Crippen molar-refractivity contribution in [2.75, 3.05) is 5.32 Å². The first kappa shape index (κ1) is 15.1. The molecule has 2 aromatic carbocycles. The second-order valence-corrected chi connectivity index (χ2v) is 5.45. The summed E-state index contributed by atoms with van der Waals surface area (Å²) in [7, 11) is 0. The van der Waals surface area contributed by atoms with Crippen molar-refractivity contribution >= 4 is 11.6 Å². The summed E-state index contributed by atoms with van der Waals surface area (Å²) in [5.41, 5.74) is 3.22. The molecule has 0 aliphatic carbocycles. The van der Waals surface area contributed by atoms with Gasteiger partial charge in [0.05, 0.1) is 6.26 Å². The third-order valence-corrected chi connectivity index (χ3v) is 3.71. The van der Waals surface area contributed by atoms with Crippen LogP contribution in [0.1, 0.15) is 23.3 Å². The minimum atomic E-state index is 0.00177. The highest BCUT2D eigenvalue weighted by Crippen LogP contribution is 2.19. The molecule has 1 N–H and O–H groups in total. The largest absolute Gasteiger partial charge is 0.469 e. The number of carbonyl (C=O) groups excluding carboxylic acids is 1. The number of hydrogen-bond donors (Lipinski definition) is 1. The monoisotopic (exact) mass is 305 g/mol. The highest BCUT2D eigenvalue weighted by Gasteiger charge is 2.08. The van der Waals surface area contributed by atoms with Gasteiger partial charge in [0.2, 0.25) is 5.91 Å². The molecule has 0 aliphatic heterocycles. The fourth-order valence-electron chi connectivity index (χ4n) is 2.52. The maximum absolute atomic E-state index is 12.2. The van der Waals surface area contributed by atoms with Gasteiger partial charge in [-0.1, -0.05) is 48.5 Å². The van der Waals surface area contributed by atoms with Crippen LogP contribution in [0.3, 0.4) is 0 Å². The first-order chi connectivity index (χ1) is 11.3. The van der Waals surface area contributed by atoms with Crippen LogP contribution in [0.15, 0.2) is 77.4 Å². The molecule has 0 fully saturated rings. The molecule has 23 heavy (non-hydrogen) atoms. The van der Waals surface area contributed by atoms with Crippen LogP contribution in [-0.4, -0.2) is 5.91 Å².